The molecule has 23 heavy (non-hydrogen) atoms. The van der Waals surface area contributed by atoms with Crippen molar-refractivity contribution in [3.05, 3.63) is 34.9 Å². The summed E-state index contributed by atoms with van der Waals surface area (Å²) >= 11 is 11.6. The highest BCUT2D eigenvalue weighted by molar-refractivity contribution is 6.55. The summed E-state index contributed by atoms with van der Waals surface area (Å²) in [4.78, 5) is 12.2. The maximum Gasteiger partial charge on any atom is 0.311 e. The average Bonchev–Trinajstić information content (AvgIpc) is 2.76. The zero-order chi connectivity index (χ0) is 17.6. The van der Waals surface area contributed by atoms with E-state index in [0.29, 0.717) is 12.8 Å². The van der Waals surface area contributed by atoms with Crippen LogP contribution in [-0.4, -0.2) is 22.3 Å². The molecular formula is C18H24Cl2O3. The third-order valence-corrected chi connectivity index (χ3v) is 6.19. The Kier molecular flexibility index (Phi) is 5.06. The number of carboxylic acids is 1. The van der Waals surface area contributed by atoms with E-state index >= 15 is 0 Å². The predicted molar refractivity (Wildman–Crippen MR) is 93.3 cm³/mol. The predicted octanol–water partition coefficient (Wildman–Crippen LogP) is 4.55. The molecule has 0 radical (unpaired) electrons. The Morgan fingerprint density at radius 1 is 1.43 bits per heavy atom. The molecule has 2 N–H and O–H groups in total. The largest absolute Gasteiger partial charge is 0.481 e. The van der Waals surface area contributed by atoms with E-state index in [0.717, 1.165) is 5.57 Å². The lowest BCUT2D eigenvalue weighted by Gasteiger charge is -2.25. The van der Waals surface area contributed by atoms with E-state index in [1.54, 1.807) is 6.08 Å². The molecule has 2 rings (SSSR count). The first-order chi connectivity index (χ1) is 10.6. The first-order valence-corrected chi connectivity index (χ1v) is 8.62. The number of halogens is 2. The van der Waals surface area contributed by atoms with Crippen LogP contribution in [0.25, 0.3) is 0 Å². The molecule has 0 aromatic heterocycles. The molecule has 1 unspecified atom stereocenters. The van der Waals surface area contributed by atoms with Gasteiger partial charge in [0, 0.05) is 11.8 Å². The molecule has 5 heteroatoms. The minimum atomic E-state index is -1.01. The van der Waals surface area contributed by atoms with E-state index in [1.807, 2.05) is 32.9 Å². The highest BCUT2D eigenvalue weighted by Crippen LogP contribution is 2.76. The summed E-state index contributed by atoms with van der Waals surface area (Å²) in [7, 11) is 0. The molecular weight excluding hydrogens is 335 g/mol. The van der Waals surface area contributed by atoms with E-state index in [1.165, 1.54) is 0 Å². The molecule has 0 aliphatic heterocycles. The number of aliphatic carboxylic acids is 1. The van der Waals surface area contributed by atoms with Crippen LogP contribution in [0.3, 0.4) is 0 Å². The van der Waals surface area contributed by atoms with Crippen LogP contribution in [0.4, 0.5) is 0 Å². The zero-order valence-corrected chi connectivity index (χ0v) is 15.2. The van der Waals surface area contributed by atoms with E-state index in [4.69, 9.17) is 23.2 Å². The zero-order valence-electron chi connectivity index (χ0n) is 13.7. The highest BCUT2D eigenvalue weighted by atomic mass is 35.5. The molecule has 0 aromatic rings. The number of rotatable bonds is 5. The fourth-order valence-electron chi connectivity index (χ4n) is 4.66. The molecule has 2 fully saturated rings. The van der Waals surface area contributed by atoms with Crippen molar-refractivity contribution in [3.8, 4) is 0 Å². The van der Waals surface area contributed by atoms with Gasteiger partial charge in [-0.2, -0.15) is 0 Å². The molecule has 0 bridgehead atoms. The van der Waals surface area contributed by atoms with Crippen LogP contribution in [0, 0.1) is 28.6 Å². The van der Waals surface area contributed by atoms with E-state index in [9.17, 15) is 15.0 Å². The molecule has 0 saturated heterocycles. The van der Waals surface area contributed by atoms with Gasteiger partial charge in [-0.05, 0) is 37.2 Å². The van der Waals surface area contributed by atoms with Crippen molar-refractivity contribution in [1.29, 1.82) is 0 Å². The van der Waals surface area contributed by atoms with Gasteiger partial charge >= 0.3 is 5.97 Å². The lowest BCUT2D eigenvalue weighted by atomic mass is 9.78. The Morgan fingerprint density at radius 3 is 2.52 bits per heavy atom. The quantitative estimate of drug-likeness (QED) is 0.708. The topological polar surface area (TPSA) is 57.5 Å². The molecule has 3 nitrogen and oxygen atoms in total. The number of aliphatic hydroxyl groups is 1. The molecule has 0 amide bonds. The summed E-state index contributed by atoms with van der Waals surface area (Å²) < 4.78 is 0.0841. The maximum absolute atomic E-state index is 12.2. The fourth-order valence-corrected chi connectivity index (χ4v) is 4.91. The Morgan fingerprint density at radius 2 is 2.04 bits per heavy atom. The second-order valence-corrected chi connectivity index (χ2v) is 8.18. The minimum Gasteiger partial charge on any atom is -0.481 e. The van der Waals surface area contributed by atoms with Gasteiger partial charge in [-0.15, -0.1) is 0 Å². The minimum absolute atomic E-state index is 0.0841. The maximum atomic E-state index is 12.2. The third-order valence-electron chi connectivity index (χ3n) is 5.94. The van der Waals surface area contributed by atoms with Crippen LogP contribution in [0.1, 0.15) is 33.6 Å². The first-order valence-electron chi connectivity index (χ1n) is 7.86. The van der Waals surface area contributed by atoms with Crippen molar-refractivity contribution in [3.63, 3.8) is 0 Å². The van der Waals surface area contributed by atoms with Crippen molar-refractivity contribution in [2.75, 3.05) is 0 Å². The second kappa shape index (κ2) is 6.27. The summed E-state index contributed by atoms with van der Waals surface area (Å²) in [6, 6.07) is 0. The van der Waals surface area contributed by atoms with Crippen molar-refractivity contribution >= 4 is 29.2 Å². The number of carbonyl (C=O) groups is 1. The number of hydrogen-bond donors (Lipinski definition) is 2. The molecule has 2 aliphatic carbocycles. The fraction of sp³-hybridized carbons (Fsp3) is 0.611. The van der Waals surface area contributed by atoms with Crippen molar-refractivity contribution in [1.82, 2.24) is 0 Å². The summed E-state index contributed by atoms with van der Waals surface area (Å²) in [6.07, 6.45) is 6.07. The number of hydrogen-bond acceptors (Lipinski definition) is 2. The SMILES string of the molecule is C=C1[C@H](C2(C(=O)O)[C@@H](C=C(Cl)Cl)C2(C)C)C[C@@H](O)[C@H]1CC=CC. The van der Waals surface area contributed by atoms with Crippen LogP contribution in [0.5, 0.6) is 0 Å². The van der Waals surface area contributed by atoms with E-state index in [-0.39, 0.29) is 22.2 Å². The van der Waals surface area contributed by atoms with Gasteiger partial charge in [0.25, 0.3) is 0 Å². The van der Waals surface area contributed by atoms with Crippen LogP contribution in [0.15, 0.2) is 34.9 Å². The van der Waals surface area contributed by atoms with E-state index < -0.39 is 22.9 Å². The summed E-state index contributed by atoms with van der Waals surface area (Å²) in [5.74, 6) is -1.52. The molecule has 0 aromatic carbocycles. The first kappa shape index (κ1) is 18.6. The normalized spacial score (nSPS) is 38.8. The Labute approximate surface area is 147 Å². The van der Waals surface area contributed by atoms with Gasteiger partial charge < -0.3 is 10.2 Å². The molecule has 0 heterocycles. The molecule has 5 atom stereocenters. The third kappa shape index (κ3) is 2.67. The highest BCUT2D eigenvalue weighted by Gasteiger charge is 2.79. The Bertz CT molecular complexity index is 575. The van der Waals surface area contributed by atoms with Gasteiger partial charge in [0.2, 0.25) is 0 Å². The monoisotopic (exact) mass is 358 g/mol. The van der Waals surface area contributed by atoms with Crippen LogP contribution >= 0.6 is 23.2 Å². The van der Waals surface area contributed by atoms with Gasteiger partial charge in [0.1, 0.15) is 4.49 Å². The van der Waals surface area contributed by atoms with Crippen LogP contribution in [-0.2, 0) is 4.79 Å². The molecule has 2 aliphatic rings. The number of allylic oxidation sites excluding steroid dienone is 3. The Balaban J connectivity index is 2.40. The smallest absolute Gasteiger partial charge is 0.311 e. The average molecular weight is 359 g/mol. The van der Waals surface area contributed by atoms with Gasteiger partial charge in [-0.3, -0.25) is 4.79 Å². The van der Waals surface area contributed by atoms with Gasteiger partial charge in [0.05, 0.1) is 11.5 Å². The number of aliphatic hydroxyl groups excluding tert-OH is 1. The molecule has 0 spiro atoms. The summed E-state index contributed by atoms with van der Waals surface area (Å²) in [5.41, 5.74) is -0.672. The molecule has 2 saturated carbocycles. The van der Waals surface area contributed by atoms with Crippen molar-refractivity contribution < 1.29 is 15.0 Å². The van der Waals surface area contributed by atoms with Gasteiger partial charge in [-0.25, -0.2) is 0 Å². The van der Waals surface area contributed by atoms with Crippen molar-refractivity contribution in [2.45, 2.75) is 39.7 Å². The van der Waals surface area contributed by atoms with E-state index in [2.05, 4.69) is 6.58 Å². The lowest BCUT2D eigenvalue weighted by molar-refractivity contribution is -0.147. The van der Waals surface area contributed by atoms with Gasteiger partial charge in [0.15, 0.2) is 0 Å². The van der Waals surface area contributed by atoms with Gasteiger partial charge in [-0.1, -0.05) is 61.4 Å². The Hall–Kier alpha value is -0.770. The van der Waals surface area contributed by atoms with Crippen molar-refractivity contribution in [2.24, 2.45) is 28.6 Å². The van der Waals surface area contributed by atoms with Crippen LogP contribution in [0.2, 0.25) is 0 Å². The van der Waals surface area contributed by atoms with Crippen LogP contribution < -0.4 is 0 Å². The number of carboxylic acid groups (broad SMARTS) is 1. The standard InChI is InChI=1S/C18H24Cl2O3/c1-5-6-7-11-10(2)12(8-13(11)21)18(16(22)23)14(9-15(19)20)17(18,3)4/h5-6,9,11-14,21H,2,7-8H2,1,3-4H3,(H,22,23)/t11-,12+,13+,14-,18?/m0/s1. The summed E-state index contributed by atoms with van der Waals surface area (Å²) in [5, 5.41) is 20.4. The lowest BCUT2D eigenvalue weighted by Crippen LogP contribution is -2.30. The summed E-state index contributed by atoms with van der Waals surface area (Å²) in [6.45, 7) is 9.90. The second-order valence-electron chi connectivity index (χ2n) is 7.17. The molecule has 128 valence electrons.